The number of furan rings is 1. The van der Waals surface area contributed by atoms with Crippen LogP contribution in [-0.4, -0.2) is 24.1 Å². The summed E-state index contributed by atoms with van der Waals surface area (Å²) in [5.74, 6) is 1.76. The number of hydrogen-bond acceptors (Lipinski definition) is 4. The Bertz CT molecular complexity index is 3140. The van der Waals surface area contributed by atoms with Crippen molar-refractivity contribution in [3.05, 3.63) is 164 Å². The number of benzene rings is 7. The van der Waals surface area contributed by atoms with Gasteiger partial charge in [0.05, 0.1) is 27.5 Å². The zero-order valence-electron chi connectivity index (χ0n) is 27.2. The second kappa shape index (κ2) is 10.7. The molecule has 4 aromatic heterocycles. The van der Waals surface area contributed by atoms with Crippen LogP contribution in [0.15, 0.2) is 168 Å². The third-order valence-corrected chi connectivity index (χ3v) is 9.98. The maximum atomic E-state index is 6.39. The fourth-order valence-corrected chi connectivity index (χ4v) is 7.84. The van der Waals surface area contributed by atoms with E-state index in [9.17, 15) is 0 Å². The highest BCUT2D eigenvalue weighted by atomic mass is 16.3. The molecular weight excluding hydrogens is 627 g/mol. The van der Waals surface area contributed by atoms with Gasteiger partial charge in [0.25, 0.3) is 0 Å². The minimum absolute atomic E-state index is 0.548. The molecule has 0 saturated heterocycles. The molecular formula is C45H27N5O. The van der Waals surface area contributed by atoms with Crippen LogP contribution in [0.3, 0.4) is 0 Å². The SMILES string of the molecule is c1ccc(-c2nc(-c3cccc4c3c3ccccc3n4-c3ccccc3)nc(-n3c4ccccc4c4ccc5oc6ccccc6c5c43)n2)cc1. The van der Waals surface area contributed by atoms with Crippen molar-refractivity contribution in [3.8, 4) is 34.4 Å². The van der Waals surface area contributed by atoms with E-state index in [1.165, 1.54) is 0 Å². The maximum Gasteiger partial charge on any atom is 0.238 e. The second-order valence-corrected chi connectivity index (χ2v) is 12.8. The van der Waals surface area contributed by atoms with E-state index in [0.717, 1.165) is 82.4 Å². The Kier molecular flexibility index (Phi) is 5.86. The lowest BCUT2D eigenvalue weighted by Crippen LogP contribution is -2.06. The third-order valence-electron chi connectivity index (χ3n) is 9.98. The molecule has 0 N–H and O–H groups in total. The first-order valence-electron chi connectivity index (χ1n) is 17.0. The number of fused-ring (bicyclic) bond motifs is 10. The van der Waals surface area contributed by atoms with Crippen molar-refractivity contribution in [2.45, 2.75) is 0 Å². The summed E-state index contributed by atoms with van der Waals surface area (Å²) in [6, 6.07) is 56.6. The lowest BCUT2D eigenvalue weighted by Gasteiger charge is -2.12. The maximum absolute atomic E-state index is 6.39. The summed E-state index contributed by atoms with van der Waals surface area (Å²) in [5.41, 5.74) is 8.87. The van der Waals surface area contributed by atoms with Crippen molar-refractivity contribution in [1.29, 1.82) is 0 Å². The van der Waals surface area contributed by atoms with Crippen LogP contribution in [0.1, 0.15) is 0 Å². The van der Waals surface area contributed by atoms with Gasteiger partial charge in [0.15, 0.2) is 11.6 Å². The van der Waals surface area contributed by atoms with Crippen LogP contribution < -0.4 is 0 Å². The Morgan fingerprint density at radius 1 is 0.392 bits per heavy atom. The lowest BCUT2D eigenvalue weighted by atomic mass is 10.1. The van der Waals surface area contributed by atoms with E-state index < -0.39 is 0 Å². The zero-order valence-corrected chi connectivity index (χ0v) is 27.2. The summed E-state index contributed by atoms with van der Waals surface area (Å²) in [6.45, 7) is 0. The third kappa shape index (κ3) is 4.07. The average Bonchev–Trinajstić information content (AvgIpc) is 3.86. The van der Waals surface area contributed by atoms with Crippen LogP contribution in [0.4, 0.5) is 0 Å². The van der Waals surface area contributed by atoms with Crippen molar-refractivity contribution in [2.24, 2.45) is 0 Å². The molecule has 0 aliphatic carbocycles. The monoisotopic (exact) mass is 653 g/mol. The Balaban J connectivity index is 1.28. The molecule has 0 spiro atoms. The van der Waals surface area contributed by atoms with Crippen LogP contribution in [-0.2, 0) is 0 Å². The first-order chi connectivity index (χ1) is 25.3. The fraction of sp³-hybridized carbons (Fsp3) is 0. The molecule has 0 atom stereocenters. The van der Waals surface area contributed by atoms with Crippen molar-refractivity contribution < 1.29 is 4.42 Å². The Labute approximate surface area is 291 Å². The second-order valence-electron chi connectivity index (χ2n) is 12.8. The number of hydrogen-bond donors (Lipinski definition) is 0. The minimum Gasteiger partial charge on any atom is -0.456 e. The first kappa shape index (κ1) is 27.9. The highest BCUT2D eigenvalue weighted by Crippen LogP contribution is 2.42. The van der Waals surface area contributed by atoms with Crippen molar-refractivity contribution in [1.82, 2.24) is 24.1 Å². The van der Waals surface area contributed by atoms with E-state index in [1.54, 1.807) is 0 Å². The predicted molar refractivity (Wildman–Crippen MR) is 207 cm³/mol. The van der Waals surface area contributed by atoms with Gasteiger partial charge >= 0.3 is 0 Å². The molecule has 0 amide bonds. The van der Waals surface area contributed by atoms with Crippen molar-refractivity contribution >= 4 is 65.6 Å². The molecule has 0 fully saturated rings. The molecule has 6 nitrogen and oxygen atoms in total. The molecule has 0 saturated carbocycles. The van der Waals surface area contributed by atoms with Gasteiger partial charge in [0, 0.05) is 43.7 Å². The molecule has 238 valence electrons. The van der Waals surface area contributed by atoms with Gasteiger partial charge in [-0.15, -0.1) is 0 Å². The summed E-state index contributed by atoms with van der Waals surface area (Å²) in [6.07, 6.45) is 0. The zero-order chi connectivity index (χ0) is 33.5. The van der Waals surface area contributed by atoms with Gasteiger partial charge in [-0.1, -0.05) is 115 Å². The molecule has 6 heteroatoms. The van der Waals surface area contributed by atoms with E-state index in [-0.39, 0.29) is 0 Å². The normalized spacial score (nSPS) is 11.9. The lowest BCUT2D eigenvalue weighted by molar-refractivity contribution is 0.669. The molecule has 11 aromatic rings. The Morgan fingerprint density at radius 3 is 1.86 bits per heavy atom. The summed E-state index contributed by atoms with van der Waals surface area (Å²) in [4.78, 5) is 15.8. The van der Waals surface area contributed by atoms with Crippen LogP contribution in [0.2, 0.25) is 0 Å². The molecule has 11 rings (SSSR count). The number of rotatable bonds is 4. The van der Waals surface area contributed by atoms with Gasteiger partial charge in [-0.25, -0.2) is 4.98 Å². The van der Waals surface area contributed by atoms with Gasteiger partial charge in [-0.05, 0) is 48.5 Å². The van der Waals surface area contributed by atoms with Crippen LogP contribution in [0.5, 0.6) is 0 Å². The van der Waals surface area contributed by atoms with Crippen molar-refractivity contribution in [2.75, 3.05) is 0 Å². The van der Waals surface area contributed by atoms with Gasteiger partial charge in [-0.2, -0.15) is 9.97 Å². The minimum atomic E-state index is 0.548. The largest absolute Gasteiger partial charge is 0.456 e. The molecule has 7 aromatic carbocycles. The summed E-state index contributed by atoms with van der Waals surface area (Å²) in [5, 5.41) is 6.56. The highest BCUT2D eigenvalue weighted by Gasteiger charge is 2.23. The molecule has 0 bridgehead atoms. The van der Waals surface area contributed by atoms with E-state index >= 15 is 0 Å². The van der Waals surface area contributed by atoms with E-state index in [2.05, 4.69) is 143 Å². The topological polar surface area (TPSA) is 61.7 Å². The van der Waals surface area contributed by atoms with E-state index in [0.29, 0.717) is 17.6 Å². The molecule has 0 unspecified atom stereocenters. The summed E-state index contributed by atoms with van der Waals surface area (Å²) >= 11 is 0. The van der Waals surface area contributed by atoms with Gasteiger partial charge in [-0.3, -0.25) is 4.57 Å². The van der Waals surface area contributed by atoms with Crippen LogP contribution in [0.25, 0.3) is 100.0 Å². The number of aromatic nitrogens is 5. The molecule has 4 heterocycles. The average molecular weight is 654 g/mol. The Hall–Kier alpha value is -7.05. The molecule has 0 aliphatic heterocycles. The van der Waals surface area contributed by atoms with Gasteiger partial charge in [0.2, 0.25) is 5.95 Å². The summed E-state index contributed by atoms with van der Waals surface area (Å²) in [7, 11) is 0. The van der Waals surface area contributed by atoms with Crippen LogP contribution in [0, 0.1) is 0 Å². The molecule has 51 heavy (non-hydrogen) atoms. The molecule has 0 radical (unpaired) electrons. The van der Waals surface area contributed by atoms with Crippen LogP contribution >= 0.6 is 0 Å². The summed E-state index contributed by atoms with van der Waals surface area (Å²) < 4.78 is 10.9. The standard InChI is InChI=1S/C45H27N5O/c1-3-14-28(15-4-1)43-46-44(34-21-13-24-37-40(34)32-19-8-11-23-36(32)49(37)29-16-5-2-6-17-29)48-45(47-43)50-35-22-10-7-18-30(35)31-26-27-39-41(42(31)50)33-20-9-12-25-38(33)51-39/h1-27H. The highest BCUT2D eigenvalue weighted by molar-refractivity contribution is 6.24. The van der Waals surface area contributed by atoms with E-state index in [4.69, 9.17) is 19.4 Å². The Morgan fingerprint density at radius 2 is 1.04 bits per heavy atom. The smallest absolute Gasteiger partial charge is 0.238 e. The number of nitrogens with zero attached hydrogens (tertiary/aromatic N) is 5. The van der Waals surface area contributed by atoms with E-state index in [1.807, 2.05) is 30.3 Å². The number of para-hydroxylation sites is 4. The quantitative estimate of drug-likeness (QED) is 0.190. The van der Waals surface area contributed by atoms with Gasteiger partial charge in [0.1, 0.15) is 11.2 Å². The van der Waals surface area contributed by atoms with Gasteiger partial charge < -0.3 is 8.98 Å². The molecule has 0 aliphatic rings. The fourth-order valence-electron chi connectivity index (χ4n) is 7.84. The predicted octanol–water partition coefficient (Wildman–Crippen LogP) is 11.3. The first-order valence-corrected chi connectivity index (χ1v) is 17.0. The van der Waals surface area contributed by atoms with Crippen molar-refractivity contribution in [3.63, 3.8) is 0 Å².